The number of nitrogens with zero attached hydrogens (tertiary/aromatic N) is 1. The van der Waals surface area contributed by atoms with E-state index in [1.54, 1.807) is 4.90 Å². The van der Waals surface area contributed by atoms with Crippen molar-refractivity contribution in [1.82, 2.24) is 4.90 Å². The molecule has 0 radical (unpaired) electrons. The Kier molecular flexibility index (Phi) is 5.35. The van der Waals surface area contributed by atoms with Crippen molar-refractivity contribution in [2.75, 3.05) is 26.3 Å². The highest BCUT2D eigenvalue weighted by atomic mass is 32.1. The van der Waals surface area contributed by atoms with Crippen LogP contribution in [-0.4, -0.2) is 53.3 Å². The number of amides is 1. The number of aliphatic hydroxyl groups is 1. The van der Waals surface area contributed by atoms with E-state index in [2.05, 4.69) is 0 Å². The van der Waals surface area contributed by atoms with Crippen LogP contribution in [0.25, 0.3) is 0 Å². The summed E-state index contributed by atoms with van der Waals surface area (Å²) in [5.41, 5.74) is 5.27. The third-order valence-electron chi connectivity index (χ3n) is 4.47. The largest absolute Gasteiger partial charge is 0.394 e. The first kappa shape index (κ1) is 15.7. The Hall–Kier alpha value is -0.720. The summed E-state index contributed by atoms with van der Waals surface area (Å²) in [4.78, 5) is 15.1. The van der Waals surface area contributed by atoms with Crippen LogP contribution in [0, 0.1) is 5.41 Å². The zero-order chi connectivity index (χ0) is 14.6. The number of thiocarbonyl (C=S) groups is 1. The molecule has 1 heterocycles. The molecule has 6 heteroatoms. The lowest BCUT2D eigenvalue weighted by molar-refractivity contribution is -0.147. The van der Waals surface area contributed by atoms with Gasteiger partial charge in [0.2, 0.25) is 5.91 Å². The lowest BCUT2D eigenvalue weighted by Gasteiger charge is -2.39. The standard InChI is InChI=1S/C14H24N2O3S/c15-12(20)14(5-3-1-2-4-6-14)13(18)16-7-8-19-11(9-16)10-17/h11,17H,1-10H2,(H2,15,20). The van der Waals surface area contributed by atoms with Crippen LogP contribution in [0.2, 0.25) is 0 Å². The molecule has 1 unspecified atom stereocenters. The summed E-state index contributed by atoms with van der Waals surface area (Å²) in [6.07, 6.45) is 5.49. The number of carbonyl (C=O) groups excluding carboxylic acids is 1. The second-order valence-corrected chi connectivity index (χ2v) is 6.23. The Morgan fingerprint density at radius 3 is 2.55 bits per heavy atom. The van der Waals surface area contributed by atoms with E-state index in [4.69, 9.17) is 22.7 Å². The SMILES string of the molecule is NC(=S)C1(C(=O)N2CCOC(CO)C2)CCCCCC1. The van der Waals surface area contributed by atoms with Crippen molar-refractivity contribution in [2.24, 2.45) is 11.1 Å². The summed E-state index contributed by atoms with van der Waals surface area (Å²) in [6, 6.07) is 0. The summed E-state index contributed by atoms with van der Waals surface area (Å²) in [5.74, 6) is 0.0358. The van der Waals surface area contributed by atoms with Crippen molar-refractivity contribution in [3.63, 3.8) is 0 Å². The van der Waals surface area contributed by atoms with E-state index in [0.29, 0.717) is 24.7 Å². The topological polar surface area (TPSA) is 75.8 Å². The van der Waals surface area contributed by atoms with Gasteiger partial charge in [-0.15, -0.1) is 0 Å². The van der Waals surface area contributed by atoms with E-state index in [-0.39, 0.29) is 18.6 Å². The van der Waals surface area contributed by atoms with Gasteiger partial charge in [0.15, 0.2) is 0 Å². The van der Waals surface area contributed by atoms with Crippen molar-refractivity contribution in [3.8, 4) is 0 Å². The van der Waals surface area contributed by atoms with Gasteiger partial charge in [-0.2, -0.15) is 0 Å². The molecule has 1 aliphatic heterocycles. The fraction of sp³-hybridized carbons (Fsp3) is 0.857. The molecule has 0 aromatic rings. The van der Waals surface area contributed by atoms with Crippen LogP contribution in [0.5, 0.6) is 0 Å². The van der Waals surface area contributed by atoms with Gasteiger partial charge in [-0.1, -0.05) is 37.9 Å². The van der Waals surface area contributed by atoms with Crippen LogP contribution < -0.4 is 5.73 Å². The number of aliphatic hydroxyl groups excluding tert-OH is 1. The molecule has 0 bridgehead atoms. The Morgan fingerprint density at radius 2 is 2.00 bits per heavy atom. The number of hydrogen-bond donors (Lipinski definition) is 2. The molecule has 0 aromatic carbocycles. The van der Waals surface area contributed by atoms with Gasteiger partial charge in [-0.3, -0.25) is 4.79 Å². The van der Waals surface area contributed by atoms with Gasteiger partial charge < -0.3 is 20.5 Å². The minimum atomic E-state index is -0.677. The molecule has 1 saturated carbocycles. The van der Waals surface area contributed by atoms with Crippen molar-refractivity contribution in [2.45, 2.75) is 44.6 Å². The van der Waals surface area contributed by atoms with E-state index in [0.717, 1.165) is 38.5 Å². The van der Waals surface area contributed by atoms with Crippen LogP contribution in [0.15, 0.2) is 0 Å². The number of nitrogens with two attached hydrogens (primary N) is 1. The van der Waals surface area contributed by atoms with Gasteiger partial charge >= 0.3 is 0 Å². The molecule has 1 atom stereocenters. The Labute approximate surface area is 125 Å². The van der Waals surface area contributed by atoms with E-state index in [1.807, 2.05) is 0 Å². The average Bonchev–Trinajstić information content (AvgIpc) is 2.73. The summed E-state index contributed by atoms with van der Waals surface area (Å²) >= 11 is 5.24. The minimum absolute atomic E-state index is 0.0358. The van der Waals surface area contributed by atoms with Crippen molar-refractivity contribution < 1.29 is 14.6 Å². The van der Waals surface area contributed by atoms with Gasteiger partial charge in [0.05, 0.1) is 29.7 Å². The zero-order valence-corrected chi connectivity index (χ0v) is 12.7. The molecule has 2 fully saturated rings. The van der Waals surface area contributed by atoms with Crippen LogP contribution >= 0.6 is 12.2 Å². The number of hydrogen-bond acceptors (Lipinski definition) is 4. The Bertz CT molecular complexity index is 367. The molecule has 0 spiro atoms. The van der Waals surface area contributed by atoms with Crippen LogP contribution in [0.3, 0.4) is 0 Å². The quantitative estimate of drug-likeness (QED) is 0.596. The maximum atomic E-state index is 13.0. The normalized spacial score (nSPS) is 26.9. The summed E-state index contributed by atoms with van der Waals surface area (Å²) in [7, 11) is 0. The number of morpholine rings is 1. The van der Waals surface area contributed by atoms with Gasteiger partial charge in [0, 0.05) is 13.1 Å². The van der Waals surface area contributed by atoms with Gasteiger partial charge in [-0.05, 0) is 12.8 Å². The van der Waals surface area contributed by atoms with Crippen LogP contribution in [0.4, 0.5) is 0 Å². The van der Waals surface area contributed by atoms with Gasteiger partial charge in [0.25, 0.3) is 0 Å². The molecule has 2 rings (SSSR count). The highest BCUT2D eigenvalue weighted by Gasteiger charge is 2.44. The minimum Gasteiger partial charge on any atom is -0.394 e. The number of carbonyl (C=O) groups is 1. The summed E-state index contributed by atoms with van der Waals surface area (Å²) in [6.45, 7) is 1.38. The molecule has 1 saturated heterocycles. The molecule has 5 nitrogen and oxygen atoms in total. The van der Waals surface area contributed by atoms with E-state index >= 15 is 0 Å². The van der Waals surface area contributed by atoms with E-state index in [9.17, 15) is 9.90 Å². The maximum Gasteiger partial charge on any atom is 0.235 e. The third kappa shape index (κ3) is 3.13. The second kappa shape index (κ2) is 6.83. The zero-order valence-electron chi connectivity index (χ0n) is 11.8. The third-order valence-corrected chi connectivity index (χ3v) is 4.86. The molecule has 1 amide bonds. The molecule has 20 heavy (non-hydrogen) atoms. The van der Waals surface area contributed by atoms with Crippen molar-refractivity contribution in [3.05, 3.63) is 0 Å². The van der Waals surface area contributed by atoms with Crippen molar-refractivity contribution in [1.29, 1.82) is 0 Å². The van der Waals surface area contributed by atoms with Crippen LogP contribution in [0.1, 0.15) is 38.5 Å². The highest BCUT2D eigenvalue weighted by molar-refractivity contribution is 7.80. The predicted molar refractivity (Wildman–Crippen MR) is 80.3 cm³/mol. The first-order valence-corrected chi connectivity index (χ1v) is 7.83. The van der Waals surface area contributed by atoms with Crippen molar-refractivity contribution >= 4 is 23.1 Å². The maximum absolute atomic E-state index is 13.0. The second-order valence-electron chi connectivity index (χ2n) is 5.79. The Morgan fingerprint density at radius 1 is 1.35 bits per heavy atom. The average molecular weight is 300 g/mol. The fourth-order valence-electron chi connectivity index (χ4n) is 3.21. The lowest BCUT2D eigenvalue weighted by atomic mass is 9.78. The first-order valence-electron chi connectivity index (χ1n) is 7.42. The molecule has 114 valence electrons. The number of ether oxygens (including phenoxy) is 1. The number of rotatable bonds is 3. The monoisotopic (exact) mass is 300 g/mol. The van der Waals surface area contributed by atoms with Crippen LogP contribution in [-0.2, 0) is 9.53 Å². The summed E-state index contributed by atoms with van der Waals surface area (Å²) in [5, 5.41) is 9.21. The highest BCUT2D eigenvalue weighted by Crippen LogP contribution is 2.37. The van der Waals surface area contributed by atoms with Gasteiger partial charge in [-0.25, -0.2) is 0 Å². The Balaban J connectivity index is 2.15. The van der Waals surface area contributed by atoms with E-state index < -0.39 is 5.41 Å². The molecule has 3 N–H and O–H groups in total. The lowest BCUT2D eigenvalue weighted by Crippen LogP contribution is -2.55. The molecular weight excluding hydrogens is 276 g/mol. The fourth-order valence-corrected chi connectivity index (χ4v) is 3.51. The van der Waals surface area contributed by atoms with E-state index in [1.165, 1.54) is 0 Å². The molecule has 2 aliphatic rings. The molecule has 0 aromatic heterocycles. The van der Waals surface area contributed by atoms with Gasteiger partial charge in [0.1, 0.15) is 0 Å². The predicted octanol–water partition coefficient (Wildman–Crippen LogP) is 0.833. The smallest absolute Gasteiger partial charge is 0.235 e. The molecule has 1 aliphatic carbocycles. The molecular formula is C14H24N2O3S. The summed E-state index contributed by atoms with van der Waals surface area (Å²) < 4.78 is 5.40. The first-order chi connectivity index (χ1) is 9.60.